The van der Waals surface area contributed by atoms with E-state index >= 15 is 0 Å². The molecule has 5 nitrogen and oxygen atoms in total. The first-order valence-corrected chi connectivity index (χ1v) is 6.17. The lowest BCUT2D eigenvalue weighted by atomic mass is 10.2. The van der Waals surface area contributed by atoms with Crippen LogP contribution in [0, 0.1) is 5.92 Å². The van der Waals surface area contributed by atoms with Gasteiger partial charge >= 0.3 is 0 Å². The highest BCUT2D eigenvalue weighted by molar-refractivity contribution is 5.33. The molecule has 0 saturated heterocycles. The third-order valence-corrected chi connectivity index (χ3v) is 3.05. The third kappa shape index (κ3) is 3.30. The Balaban J connectivity index is 2.01. The van der Waals surface area contributed by atoms with Gasteiger partial charge in [0, 0.05) is 24.6 Å². The van der Waals surface area contributed by atoms with Crippen LogP contribution in [0.4, 0.5) is 5.82 Å². The minimum absolute atomic E-state index is 0.119. The van der Waals surface area contributed by atoms with Crippen LogP contribution in [0.2, 0.25) is 0 Å². The zero-order valence-corrected chi connectivity index (χ0v) is 10.4. The van der Waals surface area contributed by atoms with Gasteiger partial charge < -0.3 is 16.0 Å². The Morgan fingerprint density at radius 2 is 2.29 bits per heavy atom. The molecule has 1 aliphatic rings. The number of nitrogens with zero attached hydrogens (tertiary/aromatic N) is 1. The second kappa shape index (κ2) is 4.87. The SMILES string of the molecule is CC(C)c1nc(NCC(N)C2CC2)cc(=O)[nH]1. The molecule has 17 heavy (non-hydrogen) atoms. The van der Waals surface area contributed by atoms with E-state index in [1.165, 1.54) is 18.9 Å². The van der Waals surface area contributed by atoms with Crippen molar-refractivity contribution in [2.24, 2.45) is 11.7 Å². The Morgan fingerprint density at radius 3 is 2.88 bits per heavy atom. The molecule has 1 heterocycles. The molecule has 4 N–H and O–H groups in total. The Hall–Kier alpha value is -1.36. The molecule has 1 aliphatic carbocycles. The van der Waals surface area contributed by atoms with Gasteiger partial charge in [0.25, 0.3) is 5.56 Å². The van der Waals surface area contributed by atoms with Gasteiger partial charge in [-0.25, -0.2) is 4.98 Å². The number of H-pyrrole nitrogens is 1. The molecule has 0 aliphatic heterocycles. The fourth-order valence-electron chi connectivity index (χ4n) is 1.75. The molecule has 0 spiro atoms. The average molecular weight is 236 g/mol. The molecule has 1 atom stereocenters. The van der Waals surface area contributed by atoms with Crippen LogP contribution in [0.1, 0.15) is 38.4 Å². The first-order valence-electron chi connectivity index (χ1n) is 6.17. The van der Waals surface area contributed by atoms with Gasteiger partial charge in [-0.1, -0.05) is 13.8 Å². The number of hydrogen-bond donors (Lipinski definition) is 3. The highest BCUT2D eigenvalue weighted by Crippen LogP contribution is 2.31. The lowest BCUT2D eigenvalue weighted by Crippen LogP contribution is -2.31. The number of anilines is 1. The van der Waals surface area contributed by atoms with E-state index in [1.54, 1.807) is 0 Å². The maximum Gasteiger partial charge on any atom is 0.252 e. The molecule has 1 aromatic heterocycles. The summed E-state index contributed by atoms with van der Waals surface area (Å²) in [5.74, 6) is 2.18. The quantitative estimate of drug-likeness (QED) is 0.713. The minimum Gasteiger partial charge on any atom is -0.368 e. The molecular formula is C12H20N4O. The maximum atomic E-state index is 11.4. The van der Waals surface area contributed by atoms with Crippen LogP contribution in [0.25, 0.3) is 0 Å². The molecule has 1 saturated carbocycles. The fourth-order valence-corrected chi connectivity index (χ4v) is 1.75. The third-order valence-electron chi connectivity index (χ3n) is 3.05. The van der Waals surface area contributed by atoms with Gasteiger partial charge in [-0.3, -0.25) is 4.79 Å². The van der Waals surface area contributed by atoms with Gasteiger partial charge in [0.1, 0.15) is 11.6 Å². The monoisotopic (exact) mass is 236 g/mol. The van der Waals surface area contributed by atoms with Crippen LogP contribution in [0.3, 0.4) is 0 Å². The van der Waals surface area contributed by atoms with Crippen molar-refractivity contribution in [2.45, 2.75) is 38.6 Å². The van der Waals surface area contributed by atoms with E-state index in [2.05, 4.69) is 15.3 Å². The van der Waals surface area contributed by atoms with E-state index in [0.717, 1.165) is 0 Å². The van der Waals surface area contributed by atoms with Crippen LogP contribution in [-0.4, -0.2) is 22.6 Å². The summed E-state index contributed by atoms with van der Waals surface area (Å²) in [5, 5.41) is 3.15. The van der Waals surface area contributed by atoms with Crippen LogP contribution in [0.15, 0.2) is 10.9 Å². The molecule has 94 valence electrons. The number of rotatable bonds is 5. The molecule has 0 aromatic carbocycles. The molecular weight excluding hydrogens is 216 g/mol. The van der Waals surface area contributed by atoms with Crippen molar-refractivity contribution in [3.8, 4) is 0 Å². The Labute approximate surface area is 101 Å². The van der Waals surface area contributed by atoms with Crippen molar-refractivity contribution in [1.29, 1.82) is 0 Å². The van der Waals surface area contributed by atoms with Crippen LogP contribution in [0.5, 0.6) is 0 Å². The van der Waals surface area contributed by atoms with Gasteiger partial charge in [0.05, 0.1) is 0 Å². The normalized spacial score (nSPS) is 17.2. The number of nitrogens with two attached hydrogens (primary N) is 1. The molecule has 5 heteroatoms. The molecule has 0 bridgehead atoms. The van der Waals surface area contributed by atoms with Gasteiger partial charge in [-0.2, -0.15) is 0 Å². The Morgan fingerprint density at radius 1 is 1.59 bits per heavy atom. The van der Waals surface area contributed by atoms with Crippen molar-refractivity contribution in [3.63, 3.8) is 0 Å². The molecule has 2 rings (SSSR count). The van der Waals surface area contributed by atoms with Crippen molar-refractivity contribution in [1.82, 2.24) is 9.97 Å². The van der Waals surface area contributed by atoms with Crippen LogP contribution in [-0.2, 0) is 0 Å². The number of aromatic nitrogens is 2. The highest BCUT2D eigenvalue weighted by atomic mass is 16.1. The van der Waals surface area contributed by atoms with E-state index < -0.39 is 0 Å². The summed E-state index contributed by atoms with van der Waals surface area (Å²) in [7, 11) is 0. The largest absolute Gasteiger partial charge is 0.368 e. The lowest BCUT2D eigenvalue weighted by molar-refractivity contribution is 0.619. The molecule has 0 radical (unpaired) electrons. The van der Waals surface area contributed by atoms with E-state index in [1.807, 2.05) is 13.8 Å². The average Bonchev–Trinajstić information content (AvgIpc) is 3.08. The molecule has 1 fully saturated rings. The second-order valence-corrected chi connectivity index (χ2v) is 5.05. The molecule has 1 aromatic rings. The van der Waals surface area contributed by atoms with E-state index in [9.17, 15) is 4.79 Å². The first kappa shape index (κ1) is 12.1. The predicted molar refractivity (Wildman–Crippen MR) is 68.1 cm³/mol. The Kier molecular flexibility index (Phi) is 3.47. The zero-order chi connectivity index (χ0) is 12.4. The van der Waals surface area contributed by atoms with Gasteiger partial charge in [-0.15, -0.1) is 0 Å². The fraction of sp³-hybridized carbons (Fsp3) is 0.667. The van der Waals surface area contributed by atoms with Crippen LogP contribution >= 0.6 is 0 Å². The lowest BCUT2D eigenvalue weighted by Gasteiger charge is -2.13. The smallest absolute Gasteiger partial charge is 0.252 e. The summed E-state index contributed by atoms with van der Waals surface area (Å²) in [4.78, 5) is 18.5. The predicted octanol–water partition coefficient (Wildman–Crippen LogP) is 1.04. The van der Waals surface area contributed by atoms with Gasteiger partial charge in [0.15, 0.2) is 0 Å². The topological polar surface area (TPSA) is 83.8 Å². The number of nitrogens with one attached hydrogen (secondary N) is 2. The second-order valence-electron chi connectivity index (χ2n) is 5.05. The summed E-state index contributed by atoms with van der Waals surface area (Å²) in [6.07, 6.45) is 2.45. The number of aromatic amines is 1. The van der Waals surface area contributed by atoms with E-state index in [0.29, 0.717) is 24.1 Å². The van der Waals surface area contributed by atoms with Crippen molar-refractivity contribution < 1.29 is 0 Å². The van der Waals surface area contributed by atoms with Gasteiger partial charge in [0.2, 0.25) is 0 Å². The van der Waals surface area contributed by atoms with Crippen LogP contribution < -0.4 is 16.6 Å². The minimum atomic E-state index is -0.119. The maximum absolute atomic E-state index is 11.4. The summed E-state index contributed by atoms with van der Waals surface area (Å²) < 4.78 is 0. The standard InChI is InChI=1S/C12H20N4O/c1-7(2)12-15-10(5-11(17)16-12)14-6-9(13)8-3-4-8/h5,7-9H,3-4,6,13H2,1-2H3,(H2,14,15,16,17). The van der Waals surface area contributed by atoms with E-state index in [4.69, 9.17) is 5.73 Å². The Bertz CT molecular complexity index is 436. The summed E-state index contributed by atoms with van der Waals surface area (Å²) in [6, 6.07) is 1.64. The zero-order valence-electron chi connectivity index (χ0n) is 10.4. The van der Waals surface area contributed by atoms with Crippen molar-refractivity contribution in [3.05, 3.63) is 22.2 Å². The van der Waals surface area contributed by atoms with Crippen molar-refractivity contribution in [2.75, 3.05) is 11.9 Å². The summed E-state index contributed by atoms with van der Waals surface area (Å²) >= 11 is 0. The molecule has 1 unspecified atom stereocenters. The van der Waals surface area contributed by atoms with Crippen molar-refractivity contribution >= 4 is 5.82 Å². The summed E-state index contributed by atoms with van der Waals surface area (Å²) in [5.41, 5.74) is 5.87. The number of hydrogen-bond acceptors (Lipinski definition) is 4. The first-order chi connectivity index (χ1) is 8.06. The van der Waals surface area contributed by atoms with Gasteiger partial charge in [-0.05, 0) is 18.8 Å². The molecule has 0 amide bonds. The highest BCUT2D eigenvalue weighted by Gasteiger charge is 2.28. The van der Waals surface area contributed by atoms with E-state index in [-0.39, 0.29) is 17.5 Å². The summed E-state index contributed by atoms with van der Waals surface area (Å²) in [6.45, 7) is 4.68.